The average molecular weight is 350 g/mol. The summed E-state index contributed by atoms with van der Waals surface area (Å²) in [5.74, 6) is 0.118. The Morgan fingerprint density at radius 2 is 1.44 bits per heavy atom. The van der Waals surface area contributed by atoms with E-state index in [0.29, 0.717) is 6.54 Å². The van der Waals surface area contributed by atoms with Crippen LogP contribution in [0.25, 0.3) is 21.5 Å². The maximum absolute atomic E-state index is 13.2. The topological polar surface area (TPSA) is 32.3 Å². The molecule has 3 heteroatoms. The van der Waals surface area contributed by atoms with Crippen molar-refractivity contribution in [2.75, 3.05) is 13.1 Å². The summed E-state index contributed by atoms with van der Waals surface area (Å²) < 4.78 is 0. The third-order valence-electron chi connectivity index (χ3n) is 6.05. The van der Waals surface area contributed by atoms with Gasteiger partial charge in [0.15, 0.2) is 0 Å². The number of hydrogen-bond acceptors (Lipinski definition) is 2. The molecular weight excluding hydrogens is 332 g/mol. The molecule has 0 aliphatic carbocycles. The van der Waals surface area contributed by atoms with Crippen LogP contribution in [-0.2, 0) is 5.66 Å². The maximum atomic E-state index is 13.2. The van der Waals surface area contributed by atoms with Crippen molar-refractivity contribution in [1.29, 1.82) is 0 Å². The van der Waals surface area contributed by atoms with Gasteiger partial charge in [-0.05, 0) is 33.7 Å². The van der Waals surface area contributed by atoms with E-state index >= 15 is 0 Å². The molecule has 4 aromatic rings. The first-order valence-corrected chi connectivity index (χ1v) is 9.38. The van der Waals surface area contributed by atoms with Crippen LogP contribution in [0.1, 0.15) is 21.5 Å². The lowest BCUT2D eigenvalue weighted by Crippen LogP contribution is -2.47. The van der Waals surface area contributed by atoms with Gasteiger partial charge in [0.2, 0.25) is 0 Å². The van der Waals surface area contributed by atoms with Crippen molar-refractivity contribution in [2.24, 2.45) is 0 Å². The first kappa shape index (κ1) is 14.9. The molecule has 1 amide bonds. The van der Waals surface area contributed by atoms with E-state index in [1.54, 1.807) is 0 Å². The van der Waals surface area contributed by atoms with Crippen LogP contribution in [0.4, 0.5) is 0 Å². The summed E-state index contributed by atoms with van der Waals surface area (Å²) in [6, 6.07) is 27.3. The zero-order valence-electron chi connectivity index (χ0n) is 14.8. The number of amides is 1. The molecule has 2 aliphatic rings. The van der Waals surface area contributed by atoms with Gasteiger partial charge < -0.3 is 4.90 Å². The van der Waals surface area contributed by atoms with Gasteiger partial charge in [0.25, 0.3) is 5.91 Å². The number of nitrogens with zero attached hydrogens (tertiary/aromatic N) is 1. The number of benzene rings is 4. The van der Waals surface area contributed by atoms with Crippen LogP contribution in [0.15, 0.2) is 78.9 Å². The van der Waals surface area contributed by atoms with Gasteiger partial charge in [-0.15, -0.1) is 0 Å². The second-order valence-electron chi connectivity index (χ2n) is 7.33. The smallest absolute Gasteiger partial charge is 0.256 e. The Labute approximate surface area is 157 Å². The maximum Gasteiger partial charge on any atom is 0.256 e. The molecule has 1 saturated heterocycles. The number of fused-ring (bicyclic) bond motifs is 5. The van der Waals surface area contributed by atoms with Crippen LogP contribution in [0.2, 0.25) is 0 Å². The fourth-order valence-corrected chi connectivity index (χ4v) is 5.00. The zero-order chi connectivity index (χ0) is 18.0. The number of nitrogens with one attached hydrogen (secondary N) is 1. The van der Waals surface area contributed by atoms with E-state index < -0.39 is 5.66 Å². The Hall–Kier alpha value is -3.17. The summed E-state index contributed by atoms with van der Waals surface area (Å²) in [4.78, 5) is 15.2. The van der Waals surface area contributed by atoms with Gasteiger partial charge in [-0.3, -0.25) is 10.1 Å². The molecule has 0 spiro atoms. The first-order valence-electron chi connectivity index (χ1n) is 9.38. The van der Waals surface area contributed by atoms with Crippen LogP contribution in [-0.4, -0.2) is 23.9 Å². The molecule has 2 aliphatic heterocycles. The van der Waals surface area contributed by atoms with Crippen LogP contribution in [0.3, 0.4) is 0 Å². The van der Waals surface area contributed by atoms with Gasteiger partial charge in [0.1, 0.15) is 5.66 Å². The molecule has 130 valence electrons. The Bertz CT molecular complexity index is 1190. The third kappa shape index (κ3) is 1.77. The monoisotopic (exact) mass is 350 g/mol. The highest BCUT2D eigenvalue weighted by atomic mass is 16.2. The molecule has 27 heavy (non-hydrogen) atoms. The Balaban J connectivity index is 1.83. The van der Waals surface area contributed by atoms with E-state index in [9.17, 15) is 4.79 Å². The van der Waals surface area contributed by atoms with E-state index in [-0.39, 0.29) is 5.91 Å². The molecule has 2 heterocycles. The summed E-state index contributed by atoms with van der Waals surface area (Å²) in [5, 5.41) is 8.51. The van der Waals surface area contributed by atoms with Crippen molar-refractivity contribution < 1.29 is 4.79 Å². The lowest BCUT2D eigenvalue weighted by molar-refractivity contribution is 0.0698. The Morgan fingerprint density at radius 3 is 2.19 bits per heavy atom. The molecule has 6 rings (SSSR count). The van der Waals surface area contributed by atoms with Gasteiger partial charge in [-0.2, -0.15) is 0 Å². The third-order valence-corrected chi connectivity index (χ3v) is 6.05. The lowest BCUT2D eigenvalue weighted by atomic mass is 9.84. The van der Waals surface area contributed by atoms with Crippen LogP contribution in [0, 0.1) is 0 Å². The summed E-state index contributed by atoms with van der Waals surface area (Å²) in [6.07, 6.45) is 0. The van der Waals surface area contributed by atoms with Crippen molar-refractivity contribution in [1.82, 2.24) is 10.2 Å². The second-order valence-corrected chi connectivity index (χ2v) is 7.33. The standard InChI is InChI=1S/C24H18N2O/c27-23-20-11-5-6-12-21(20)24(25-13-14-26(23)24)22-18-9-3-1-7-16(18)15-17-8-2-4-10-19(17)22/h1-12,15,25H,13-14H2. The van der Waals surface area contributed by atoms with E-state index in [1.807, 2.05) is 23.1 Å². The summed E-state index contributed by atoms with van der Waals surface area (Å²) in [7, 11) is 0. The molecule has 1 N–H and O–H groups in total. The molecule has 3 nitrogen and oxygen atoms in total. The molecule has 1 fully saturated rings. The molecule has 1 unspecified atom stereocenters. The number of rotatable bonds is 1. The quantitative estimate of drug-likeness (QED) is 0.521. The molecule has 4 aromatic carbocycles. The highest BCUT2D eigenvalue weighted by Crippen LogP contribution is 2.48. The second kappa shape index (κ2) is 5.18. The van der Waals surface area contributed by atoms with Crippen LogP contribution < -0.4 is 5.32 Å². The summed E-state index contributed by atoms with van der Waals surface area (Å²) in [5.41, 5.74) is 2.46. The minimum Gasteiger partial charge on any atom is -0.311 e. The van der Waals surface area contributed by atoms with E-state index in [4.69, 9.17) is 0 Å². The highest BCUT2D eigenvalue weighted by molar-refractivity contribution is 6.07. The average Bonchev–Trinajstić information content (AvgIpc) is 3.25. The Morgan fingerprint density at radius 1 is 0.815 bits per heavy atom. The van der Waals surface area contributed by atoms with Gasteiger partial charge in [0, 0.05) is 29.8 Å². The minimum absolute atomic E-state index is 0.118. The summed E-state index contributed by atoms with van der Waals surface area (Å²) in [6.45, 7) is 1.50. The van der Waals surface area contributed by atoms with Crippen molar-refractivity contribution in [3.8, 4) is 0 Å². The number of carbonyl (C=O) groups excluding carboxylic acids is 1. The van der Waals surface area contributed by atoms with Gasteiger partial charge in [-0.25, -0.2) is 0 Å². The van der Waals surface area contributed by atoms with Crippen molar-refractivity contribution in [3.63, 3.8) is 0 Å². The zero-order valence-corrected chi connectivity index (χ0v) is 14.8. The molecular formula is C24H18N2O. The van der Waals surface area contributed by atoms with Gasteiger partial charge >= 0.3 is 0 Å². The normalized spacial score (nSPS) is 21.0. The predicted octanol–water partition coefficient (Wildman–Crippen LogP) is 4.25. The Kier molecular flexibility index (Phi) is 2.87. The molecule has 0 saturated carbocycles. The molecule has 0 aromatic heterocycles. The largest absolute Gasteiger partial charge is 0.311 e. The summed E-state index contributed by atoms with van der Waals surface area (Å²) >= 11 is 0. The van der Waals surface area contributed by atoms with Crippen LogP contribution in [0.5, 0.6) is 0 Å². The fourth-order valence-electron chi connectivity index (χ4n) is 5.00. The molecule has 0 bridgehead atoms. The SMILES string of the molecule is O=C1c2ccccc2C2(c3c4ccccc4cc4ccccc34)NCCN12. The predicted molar refractivity (Wildman–Crippen MR) is 108 cm³/mol. The number of carbonyl (C=O) groups is 1. The van der Waals surface area contributed by atoms with Crippen molar-refractivity contribution in [3.05, 3.63) is 95.6 Å². The number of hydrogen-bond donors (Lipinski definition) is 1. The van der Waals surface area contributed by atoms with Gasteiger partial charge in [-0.1, -0.05) is 66.7 Å². The van der Waals surface area contributed by atoms with Crippen molar-refractivity contribution >= 4 is 27.5 Å². The van der Waals surface area contributed by atoms with E-state index in [2.05, 4.69) is 66.0 Å². The van der Waals surface area contributed by atoms with Crippen LogP contribution >= 0.6 is 0 Å². The van der Waals surface area contributed by atoms with Gasteiger partial charge in [0.05, 0.1) is 0 Å². The van der Waals surface area contributed by atoms with E-state index in [1.165, 1.54) is 27.1 Å². The molecule has 1 atom stereocenters. The lowest BCUT2D eigenvalue weighted by Gasteiger charge is -2.35. The first-order chi connectivity index (χ1) is 13.3. The van der Waals surface area contributed by atoms with E-state index in [0.717, 1.165) is 17.7 Å². The highest BCUT2D eigenvalue weighted by Gasteiger charge is 2.54. The minimum atomic E-state index is -0.603. The molecule has 0 radical (unpaired) electrons. The fraction of sp³-hybridized carbons (Fsp3) is 0.125. The van der Waals surface area contributed by atoms with Crippen molar-refractivity contribution in [2.45, 2.75) is 5.66 Å².